The van der Waals surface area contributed by atoms with Gasteiger partial charge in [-0.2, -0.15) is 0 Å². The highest BCUT2D eigenvalue weighted by Gasteiger charge is 2.30. The molecule has 29 heavy (non-hydrogen) atoms. The summed E-state index contributed by atoms with van der Waals surface area (Å²) in [4.78, 5) is 29.4. The minimum absolute atomic E-state index is 0.305. The van der Waals surface area contributed by atoms with Crippen LogP contribution in [0.5, 0.6) is 0 Å². The van der Waals surface area contributed by atoms with E-state index in [4.69, 9.17) is 16.3 Å². The monoisotopic (exact) mass is 448 g/mol. The molecule has 4 rings (SSSR count). The average Bonchev–Trinajstić information content (AvgIpc) is 3.24. The van der Waals surface area contributed by atoms with Crippen LogP contribution in [-0.2, 0) is 17.7 Å². The molecule has 1 aliphatic heterocycles. The van der Waals surface area contributed by atoms with Crippen molar-refractivity contribution in [3.8, 4) is 0 Å². The maximum Gasteiger partial charge on any atom is 0.341 e. The molecule has 0 atom stereocenters. The van der Waals surface area contributed by atoms with Gasteiger partial charge in [0.05, 0.1) is 17.7 Å². The Morgan fingerprint density at radius 2 is 2.00 bits per heavy atom. The molecule has 0 bridgehead atoms. The molecule has 0 radical (unpaired) electrons. The molecular weight excluding hydrogens is 428 g/mol. The van der Waals surface area contributed by atoms with E-state index in [-0.39, 0.29) is 5.91 Å². The first-order valence-corrected chi connectivity index (χ1v) is 11.4. The highest BCUT2D eigenvalue weighted by atomic mass is 35.5. The Kier molecular flexibility index (Phi) is 5.66. The van der Waals surface area contributed by atoms with Gasteiger partial charge in [-0.3, -0.25) is 9.69 Å². The van der Waals surface area contributed by atoms with Gasteiger partial charge >= 0.3 is 5.97 Å². The van der Waals surface area contributed by atoms with Gasteiger partial charge in [0, 0.05) is 34.1 Å². The number of rotatable bonds is 4. The third-order valence-electron chi connectivity index (χ3n) is 5.17. The molecule has 0 unspecified atom stereocenters. The minimum atomic E-state index is -0.418. The van der Waals surface area contributed by atoms with Gasteiger partial charge in [0.1, 0.15) is 9.88 Å². The van der Waals surface area contributed by atoms with Gasteiger partial charge in [-0.05, 0) is 31.9 Å². The van der Waals surface area contributed by atoms with Crippen molar-refractivity contribution in [2.24, 2.45) is 0 Å². The van der Waals surface area contributed by atoms with Crippen LogP contribution in [0, 0.1) is 0 Å². The number of nitrogens with one attached hydrogen (secondary N) is 1. The predicted octanol–water partition coefficient (Wildman–Crippen LogP) is 5.42. The number of halogens is 1. The highest BCUT2D eigenvalue weighted by Crippen LogP contribution is 2.40. The van der Waals surface area contributed by atoms with Crippen molar-refractivity contribution in [1.29, 1.82) is 0 Å². The lowest BCUT2D eigenvalue weighted by Crippen LogP contribution is -2.35. The largest absolute Gasteiger partial charge is 0.465 e. The summed E-state index contributed by atoms with van der Waals surface area (Å²) in [5.74, 6) is -0.723. The molecule has 152 valence electrons. The van der Waals surface area contributed by atoms with E-state index in [1.165, 1.54) is 29.8 Å². The van der Waals surface area contributed by atoms with Gasteiger partial charge in [0.25, 0.3) is 5.91 Å². The van der Waals surface area contributed by atoms with Crippen LogP contribution in [0.1, 0.15) is 44.3 Å². The number of esters is 1. The third kappa shape index (κ3) is 3.68. The molecule has 2 aromatic heterocycles. The number of hydrogen-bond acceptors (Lipinski definition) is 6. The second kappa shape index (κ2) is 8.07. The summed E-state index contributed by atoms with van der Waals surface area (Å²) in [5, 5.41) is 4.76. The number of anilines is 1. The maximum atomic E-state index is 13.0. The molecule has 8 heteroatoms. The van der Waals surface area contributed by atoms with Crippen molar-refractivity contribution >= 4 is 61.2 Å². The van der Waals surface area contributed by atoms with Crippen LogP contribution in [0.15, 0.2) is 24.3 Å². The number of thiophene rings is 2. The van der Waals surface area contributed by atoms with E-state index in [9.17, 15) is 9.59 Å². The normalized spacial score (nSPS) is 14.2. The van der Waals surface area contributed by atoms with Crippen LogP contribution in [0.25, 0.3) is 10.1 Å². The van der Waals surface area contributed by atoms with Gasteiger partial charge in [0.2, 0.25) is 0 Å². The van der Waals surface area contributed by atoms with E-state index in [1.807, 2.05) is 24.3 Å². The van der Waals surface area contributed by atoms with Crippen LogP contribution >= 0.6 is 34.3 Å². The Balaban J connectivity index is 1.70. The summed E-state index contributed by atoms with van der Waals surface area (Å²) in [6.07, 6.45) is 0.758. The van der Waals surface area contributed by atoms with E-state index >= 15 is 0 Å². The van der Waals surface area contributed by atoms with Crippen molar-refractivity contribution in [1.82, 2.24) is 4.90 Å². The number of amides is 1. The number of carbonyl (C=O) groups excluding carboxylic acids is 2. The van der Waals surface area contributed by atoms with Gasteiger partial charge < -0.3 is 10.1 Å². The number of carbonyl (C=O) groups is 2. The van der Waals surface area contributed by atoms with Gasteiger partial charge in [-0.1, -0.05) is 29.8 Å². The zero-order chi connectivity index (χ0) is 20.7. The maximum absolute atomic E-state index is 13.0. The molecule has 0 fully saturated rings. The lowest BCUT2D eigenvalue weighted by molar-refractivity contribution is 0.0600. The standard InChI is InChI=1S/C21H21ClN2O3S2/c1-11(2)24-9-8-12-15(10-24)29-20(16(12)21(26)27-3)23-19(25)18-17(22)13-6-4-5-7-14(13)28-18/h4-7,11H,8-10H2,1-3H3,(H,23,25). The predicted molar refractivity (Wildman–Crippen MR) is 120 cm³/mol. The topological polar surface area (TPSA) is 58.6 Å². The summed E-state index contributed by atoms with van der Waals surface area (Å²) in [6, 6.07) is 8.07. The van der Waals surface area contributed by atoms with Crippen LogP contribution in [-0.4, -0.2) is 36.5 Å². The summed E-state index contributed by atoms with van der Waals surface area (Å²) in [6.45, 7) is 5.96. The van der Waals surface area contributed by atoms with E-state index in [2.05, 4.69) is 24.1 Å². The zero-order valence-electron chi connectivity index (χ0n) is 16.4. The van der Waals surface area contributed by atoms with E-state index in [0.717, 1.165) is 40.0 Å². The Bertz CT molecular complexity index is 1100. The first-order chi connectivity index (χ1) is 13.9. The number of ether oxygens (including phenoxy) is 1. The number of benzene rings is 1. The summed E-state index contributed by atoms with van der Waals surface area (Å²) >= 11 is 9.25. The number of hydrogen-bond donors (Lipinski definition) is 1. The Morgan fingerprint density at radius 1 is 1.24 bits per heavy atom. The van der Waals surface area contributed by atoms with Gasteiger partial charge in [-0.25, -0.2) is 4.79 Å². The first-order valence-electron chi connectivity index (χ1n) is 9.36. The fourth-order valence-corrected chi connectivity index (χ4v) is 6.26. The number of nitrogens with zero attached hydrogens (tertiary/aromatic N) is 1. The molecule has 3 heterocycles. The van der Waals surface area contributed by atoms with E-state index < -0.39 is 5.97 Å². The quantitative estimate of drug-likeness (QED) is 0.541. The van der Waals surface area contributed by atoms with Crippen molar-refractivity contribution < 1.29 is 14.3 Å². The second-order valence-corrected chi connectivity index (χ2v) is 9.74. The third-order valence-corrected chi connectivity index (χ3v) is 7.98. The molecule has 1 amide bonds. The van der Waals surface area contributed by atoms with Gasteiger partial charge in [0.15, 0.2) is 0 Å². The van der Waals surface area contributed by atoms with E-state index in [1.54, 1.807) is 0 Å². The molecule has 0 spiro atoms. The van der Waals surface area contributed by atoms with Crippen molar-refractivity contribution in [2.75, 3.05) is 19.0 Å². The summed E-state index contributed by atoms with van der Waals surface area (Å²) < 4.78 is 5.97. The average molecular weight is 449 g/mol. The van der Waals surface area contributed by atoms with Crippen molar-refractivity contribution in [2.45, 2.75) is 32.9 Å². The summed E-state index contributed by atoms with van der Waals surface area (Å²) in [5.41, 5.74) is 1.46. The van der Waals surface area contributed by atoms with E-state index in [0.29, 0.717) is 26.5 Å². The molecule has 5 nitrogen and oxygen atoms in total. The lowest BCUT2D eigenvalue weighted by atomic mass is 10.0. The van der Waals surface area contributed by atoms with Crippen LogP contribution in [0.3, 0.4) is 0 Å². The minimum Gasteiger partial charge on any atom is -0.465 e. The summed E-state index contributed by atoms with van der Waals surface area (Å²) in [7, 11) is 1.37. The molecule has 1 aromatic carbocycles. The lowest BCUT2D eigenvalue weighted by Gasteiger charge is -2.30. The molecular formula is C21H21ClN2O3S2. The fraction of sp³-hybridized carbons (Fsp3) is 0.333. The van der Waals surface area contributed by atoms with Crippen molar-refractivity contribution in [3.05, 3.63) is 50.2 Å². The molecule has 0 saturated heterocycles. The van der Waals surface area contributed by atoms with Crippen molar-refractivity contribution in [3.63, 3.8) is 0 Å². The van der Waals surface area contributed by atoms with Crippen LogP contribution in [0.4, 0.5) is 5.00 Å². The zero-order valence-corrected chi connectivity index (χ0v) is 18.8. The smallest absolute Gasteiger partial charge is 0.341 e. The molecule has 1 aliphatic rings. The Hall–Kier alpha value is -1.93. The molecule has 0 saturated carbocycles. The first kappa shape index (κ1) is 20.3. The molecule has 1 N–H and O–H groups in total. The highest BCUT2D eigenvalue weighted by molar-refractivity contribution is 7.22. The Labute approximate surface area is 182 Å². The molecule has 3 aromatic rings. The number of methoxy groups -OCH3 is 1. The van der Waals surface area contributed by atoms with Gasteiger partial charge in [-0.15, -0.1) is 22.7 Å². The molecule has 0 aliphatic carbocycles. The second-order valence-electron chi connectivity index (χ2n) is 7.21. The van der Waals surface area contributed by atoms with Crippen LogP contribution < -0.4 is 5.32 Å². The number of fused-ring (bicyclic) bond motifs is 2. The van der Waals surface area contributed by atoms with Crippen LogP contribution in [0.2, 0.25) is 5.02 Å². The SMILES string of the molecule is COC(=O)c1c(NC(=O)c2sc3ccccc3c2Cl)sc2c1CCN(C(C)C)C2. The Morgan fingerprint density at radius 3 is 2.69 bits per heavy atom. The fourth-order valence-electron chi connectivity index (χ4n) is 3.59.